The maximum Gasteiger partial charge on any atom is 0.0365 e. The molecule has 122 valence electrons. The van der Waals surface area contributed by atoms with Gasteiger partial charge in [-0.05, 0) is 54.4 Å². The molecule has 0 heterocycles. The average molecular weight is 437 g/mol. The minimum atomic E-state index is 0.439. The van der Waals surface area contributed by atoms with Gasteiger partial charge in [0.1, 0.15) is 0 Å². The molecule has 2 aromatic carbocycles. The van der Waals surface area contributed by atoms with Gasteiger partial charge in [0.2, 0.25) is 0 Å². The number of hydrogen-bond donors (Lipinski definition) is 1. The van der Waals surface area contributed by atoms with E-state index in [2.05, 4.69) is 85.7 Å². The number of benzene rings is 2. The third-order valence-corrected chi connectivity index (χ3v) is 6.04. The Bertz CT molecular complexity index is 627. The summed E-state index contributed by atoms with van der Waals surface area (Å²) in [5.74, 6) is 0.711. The van der Waals surface area contributed by atoms with Crippen molar-refractivity contribution in [3.05, 3.63) is 69.7 Å². The molecule has 1 nitrogen and oxygen atoms in total. The summed E-state index contributed by atoms with van der Waals surface area (Å²) in [5.41, 5.74) is 4.33. The number of rotatable bonds is 6. The van der Waals surface area contributed by atoms with Gasteiger partial charge in [-0.15, -0.1) is 0 Å². The number of halogens is 2. The summed E-state index contributed by atoms with van der Waals surface area (Å²) in [6.07, 6.45) is 5.00. The van der Waals surface area contributed by atoms with Gasteiger partial charge in [0.15, 0.2) is 0 Å². The lowest BCUT2D eigenvalue weighted by Gasteiger charge is -2.35. The second kappa shape index (κ2) is 8.46. The Morgan fingerprint density at radius 1 is 1.04 bits per heavy atom. The average Bonchev–Trinajstić information content (AvgIpc) is 2.59. The Hall–Kier alpha value is -0.640. The monoisotopic (exact) mass is 435 g/mol. The fraction of sp³-hybridized carbons (Fsp3) is 0.400. The fourth-order valence-electron chi connectivity index (χ4n) is 3.63. The molecule has 0 aliphatic heterocycles. The summed E-state index contributed by atoms with van der Waals surface area (Å²) in [6, 6.07) is 17.8. The molecule has 0 aromatic heterocycles. The van der Waals surface area contributed by atoms with E-state index in [0.29, 0.717) is 12.0 Å². The molecule has 0 fully saturated rings. The van der Waals surface area contributed by atoms with Crippen LogP contribution in [0.4, 0.5) is 0 Å². The maximum atomic E-state index is 3.85. The van der Waals surface area contributed by atoms with E-state index in [9.17, 15) is 0 Å². The number of hydrogen-bond acceptors (Lipinski definition) is 1. The van der Waals surface area contributed by atoms with Gasteiger partial charge >= 0.3 is 0 Å². The van der Waals surface area contributed by atoms with E-state index in [1.54, 1.807) is 0 Å². The van der Waals surface area contributed by atoms with Crippen molar-refractivity contribution in [3.63, 3.8) is 0 Å². The molecule has 3 heteroatoms. The molecule has 0 amide bonds. The summed E-state index contributed by atoms with van der Waals surface area (Å²) < 4.78 is 1.25. The van der Waals surface area contributed by atoms with Crippen LogP contribution >= 0.6 is 31.9 Å². The van der Waals surface area contributed by atoms with Crippen LogP contribution in [0.25, 0.3) is 0 Å². The Labute approximate surface area is 156 Å². The van der Waals surface area contributed by atoms with Crippen molar-refractivity contribution >= 4 is 31.9 Å². The molecule has 0 unspecified atom stereocenters. The van der Waals surface area contributed by atoms with Gasteiger partial charge in [-0.2, -0.15) is 0 Å². The van der Waals surface area contributed by atoms with Gasteiger partial charge in [-0.3, -0.25) is 0 Å². The zero-order valence-corrected chi connectivity index (χ0v) is 16.4. The maximum absolute atomic E-state index is 3.85. The smallest absolute Gasteiger partial charge is 0.0365 e. The van der Waals surface area contributed by atoms with E-state index in [4.69, 9.17) is 0 Å². The zero-order chi connectivity index (χ0) is 16.1. The van der Waals surface area contributed by atoms with E-state index < -0.39 is 0 Å². The van der Waals surface area contributed by atoms with E-state index in [-0.39, 0.29) is 0 Å². The highest BCUT2D eigenvalue weighted by molar-refractivity contribution is 9.10. The van der Waals surface area contributed by atoms with Gasteiger partial charge in [0.25, 0.3) is 0 Å². The van der Waals surface area contributed by atoms with Crippen LogP contribution in [-0.2, 0) is 13.0 Å². The topological polar surface area (TPSA) is 12.0 Å². The highest BCUT2D eigenvalue weighted by Gasteiger charge is 2.30. The molecule has 0 saturated heterocycles. The minimum absolute atomic E-state index is 0.439. The highest BCUT2D eigenvalue weighted by Crippen LogP contribution is 2.40. The second-order valence-electron chi connectivity index (χ2n) is 6.29. The predicted molar refractivity (Wildman–Crippen MR) is 105 cm³/mol. The van der Waals surface area contributed by atoms with Crippen molar-refractivity contribution in [2.75, 3.05) is 5.33 Å². The SMILES string of the molecule is BrCCC[C@@H]1CCc2cccc(Br)c2[C@H]1NCc1ccccc1. The lowest BCUT2D eigenvalue weighted by molar-refractivity contribution is 0.299. The Balaban J connectivity index is 1.82. The first kappa shape index (κ1) is 17.2. The standard InChI is InChI=1S/C20H23Br2N/c21-13-5-9-17-12-11-16-8-4-10-18(22)19(16)20(17)23-14-15-6-2-1-3-7-15/h1-4,6-8,10,17,20,23H,5,9,11-14H2/t17-,20+/m1/s1. The van der Waals surface area contributed by atoms with Crippen LogP contribution in [0, 0.1) is 5.92 Å². The molecule has 3 rings (SSSR count). The van der Waals surface area contributed by atoms with Gasteiger partial charge in [-0.1, -0.05) is 74.3 Å². The van der Waals surface area contributed by atoms with Crippen molar-refractivity contribution in [2.45, 2.75) is 38.3 Å². The summed E-state index contributed by atoms with van der Waals surface area (Å²) in [6.45, 7) is 0.928. The van der Waals surface area contributed by atoms with Crippen LogP contribution in [0.3, 0.4) is 0 Å². The largest absolute Gasteiger partial charge is 0.306 e. The second-order valence-corrected chi connectivity index (χ2v) is 7.93. The predicted octanol–water partition coefficient (Wildman–Crippen LogP) is 6.02. The molecular weight excluding hydrogens is 414 g/mol. The molecule has 0 radical (unpaired) electrons. The van der Waals surface area contributed by atoms with Gasteiger partial charge in [-0.25, -0.2) is 0 Å². The third-order valence-electron chi connectivity index (χ3n) is 4.79. The Morgan fingerprint density at radius 2 is 1.87 bits per heavy atom. The van der Waals surface area contributed by atoms with E-state index in [0.717, 1.165) is 11.9 Å². The fourth-order valence-corrected chi connectivity index (χ4v) is 4.61. The summed E-state index contributed by atoms with van der Waals surface area (Å²) >= 11 is 7.38. The summed E-state index contributed by atoms with van der Waals surface area (Å²) in [4.78, 5) is 0. The molecule has 0 spiro atoms. The molecule has 1 aliphatic rings. The molecule has 1 N–H and O–H groups in total. The van der Waals surface area contributed by atoms with E-state index >= 15 is 0 Å². The highest BCUT2D eigenvalue weighted by atomic mass is 79.9. The zero-order valence-electron chi connectivity index (χ0n) is 13.3. The molecule has 1 aliphatic carbocycles. The summed E-state index contributed by atoms with van der Waals surface area (Å²) in [5, 5.41) is 4.94. The van der Waals surface area contributed by atoms with Crippen molar-refractivity contribution in [2.24, 2.45) is 5.92 Å². The van der Waals surface area contributed by atoms with Crippen molar-refractivity contribution in [1.82, 2.24) is 5.32 Å². The van der Waals surface area contributed by atoms with Crippen LogP contribution < -0.4 is 5.32 Å². The summed E-state index contributed by atoms with van der Waals surface area (Å²) in [7, 11) is 0. The van der Waals surface area contributed by atoms with Crippen LogP contribution in [0.5, 0.6) is 0 Å². The Morgan fingerprint density at radius 3 is 2.65 bits per heavy atom. The lowest BCUT2D eigenvalue weighted by Crippen LogP contribution is -2.32. The van der Waals surface area contributed by atoms with Gasteiger partial charge in [0, 0.05) is 22.4 Å². The van der Waals surface area contributed by atoms with Crippen molar-refractivity contribution in [3.8, 4) is 0 Å². The van der Waals surface area contributed by atoms with Crippen molar-refractivity contribution in [1.29, 1.82) is 0 Å². The van der Waals surface area contributed by atoms with Crippen LogP contribution in [0.1, 0.15) is 42.0 Å². The molecule has 2 atom stereocenters. The first-order chi connectivity index (χ1) is 11.3. The van der Waals surface area contributed by atoms with Crippen molar-refractivity contribution < 1.29 is 0 Å². The number of nitrogens with one attached hydrogen (secondary N) is 1. The molecule has 0 bridgehead atoms. The van der Waals surface area contributed by atoms with Crippen LogP contribution in [-0.4, -0.2) is 5.33 Å². The normalized spacial score (nSPS) is 20.3. The first-order valence-electron chi connectivity index (χ1n) is 8.40. The quantitative estimate of drug-likeness (QED) is 0.546. The number of alkyl halides is 1. The number of aryl methyl sites for hydroxylation is 1. The van der Waals surface area contributed by atoms with Gasteiger partial charge < -0.3 is 5.32 Å². The minimum Gasteiger partial charge on any atom is -0.306 e. The first-order valence-corrected chi connectivity index (χ1v) is 10.3. The molecule has 0 saturated carbocycles. The Kier molecular flexibility index (Phi) is 6.32. The van der Waals surface area contributed by atoms with E-state index in [1.165, 1.54) is 46.8 Å². The number of fused-ring (bicyclic) bond motifs is 1. The van der Waals surface area contributed by atoms with Gasteiger partial charge in [0.05, 0.1) is 0 Å². The van der Waals surface area contributed by atoms with Crippen LogP contribution in [0.15, 0.2) is 53.0 Å². The molecule has 2 aromatic rings. The third kappa shape index (κ3) is 4.26. The van der Waals surface area contributed by atoms with E-state index in [1.807, 2.05) is 0 Å². The molecule has 23 heavy (non-hydrogen) atoms. The lowest BCUT2D eigenvalue weighted by atomic mass is 9.77. The van der Waals surface area contributed by atoms with Crippen LogP contribution in [0.2, 0.25) is 0 Å². The molecular formula is C20H23Br2N.